The molecule has 1 unspecified atom stereocenters. The van der Waals surface area contributed by atoms with Gasteiger partial charge >= 0.3 is 0 Å². The molecule has 1 aromatic rings. The van der Waals surface area contributed by atoms with Crippen LogP contribution >= 0.6 is 0 Å². The fourth-order valence-corrected chi connectivity index (χ4v) is 2.32. The molecule has 1 aromatic heterocycles. The first kappa shape index (κ1) is 14.7. The minimum absolute atomic E-state index is 0.0848. The van der Waals surface area contributed by atoms with Gasteiger partial charge in [-0.2, -0.15) is 0 Å². The summed E-state index contributed by atoms with van der Waals surface area (Å²) in [5.41, 5.74) is 2.73. The molecular weight excluding hydrogens is 256 g/mol. The number of amides is 1. The molecule has 7 nitrogen and oxygen atoms in total. The van der Waals surface area contributed by atoms with Crippen LogP contribution in [0, 0.1) is 0 Å². The molecule has 0 spiro atoms. The smallest absolute Gasteiger partial charge is 0.274 e. The Hall–Kier alpha value is -1.73. The first-order valence-corrected chi connectivity index (χ1v) is 6.97. The standard InChI is InChI=1S/C13H22N6O/c1-3-10(2)18-4-6-19(7-5-18)13(20)11-8-15-9-12(16-11)17-14/h8-10H,3-7,14H2,1-2H3,(H,16,17). The Morgan fingerprint density at radius 3 is 2.70 bits per heavy atom. The monoisotopic (exact) mass is 278 g/mol. The molecule has 1 saturated heterocycles. The fourth-order valence-electron chi connectivity index (χ4n) is 2.32. The zero-order chi connectivity index (χ0) is 14.5. The molecule has 0 bridgehead atoms. The maximum absolute atomic E-state index is 12.4. The van der Waals surface area contributed by atoms with Gasteiger partial charge in [-0.15, -0.1) is 0 Å². The van der Waals surface area contributed by atoms with E-state index in [1.165, 1.54) is 12.4 Å². The Balaban J connectivity index is 1.97. The maximum atomic E-state index is 12.4. The van der Waals surface area contributed by atoms with Gasteiger partial charge in [0.2, 0.25) is 0 Å². The molecule has 0 aliphatic carbocycles. The van der Waals surface area contributed by atoms with Gasteiger partial charge in [-0.1, -0.05) is 6.92 Å². The fraction of sp³-hybridized carbons (Fsp3) is 0.615. The maximum Gasteiger partial charge on any atom is 0.274 e. The average Bonchev–Trinajstić information content (AvgIpc) is 2.53. The lowest BCUT2D eigenvalue weighted by molar-refractivity contribution is 0.0574. The lowest BCUT2D eigenvalue weighted by Crippen LogP contribution is -2.51. The SMILES string of the molecule is CCC(C)N1CCN(C(=O)c2cncc(NN)n2)CC1. The van der Waals surface area contributed by atoms with Crippen molar-refractivity contribution in [1.29, 1.82) is 0 Å². The molecule has 20 heavy (non-hydrogen) atoms. The second-order valence-corrected chi connectivity index (χ2v) is 5.02. The molecule has 1 amide bonds. The van der Waals surface area contributed by atoms with Gasteiger partial charge in [0.1, 0.15) is 5.69 Å². The number of hydrogen-bond acceptors (Lipinski definition) is 6. The van der Waals surface area contributed by atoms with Crippen LogP contribution in [-0.2, 0) is 0 Å². The van der Waals surface area contributed by atoms with Gasteiger partial charge in [-0.3, -0.25) is 14.7 Å². The van der Waals surface area contributed by atoms with Crippen LogP contribution < -0.4 is 11.3 Å². The third-order valence-corrected chi connectivity index (χ3v) is 3.82. The molecule has 1 aliphatic rings. The number of nitrogens with zero attached hydrogens (tertiary/aromatic N) is 4. The van der Waals surface area contributed by atoms with Crippen LogP contribution in [0.25, 0.3) is 0 Å². The van der Waals surface area contributed by atoms with Gasteiger partial charge in [0, 0.05) is 32.2 Å². The molecule has 2 heterocycles. The van der Waals surface area contributed by atoms with Crippen molar-refractivity contribution in [3.8, 4) is 0 Å². The van der Waals surface area contributed by atoms with Crippen LogP contribution in [-0.4, -0.2) is 57.9 Å². The molecule has 3 N–H and O–H groups in total. The van der Waals surface area contributed by atoms with Gasteiger partial charge in [-0.05, 0) is 13.3 Å². The number of carbonyl (C=O) groups excluding carboxylic acids is 1. The van der Waals surface area contributed by atoms with E-state index in [1.807, 2.05) is 4.90 Å². The van der Waals surface area contributed by atoms with Crippen LogP contribution in [0.15, 0.2) is 12.4 Å². The summed E-state index contributed by atoms with van der Waals surface area (Å²) in [5, 5.41) is 0. The van der Waals surface area contributed by atoms with Gasteiger partial charge in [0.15, 0.2) is 5.82 Å². The number of hydrogen-bond donors (Lipinski definition) is 2. The Labute approximate surface area is 119 Å². The van der Waals surface area contributed by atoms with Crippen molar-refractivity contribution in [1.82, 2.24) is 19.8 Å². The van der Waals surface area contributed by atoms with Gasteiger partial charge < -0.3 is 10.3 Å². The molecule has 0 aromatic carbocycles. The zero-order valence-corrected chi connectivity index (χ0v) is 12.0. The summed E-state index contributed by atoms with van der Waals surface area (Å²) in [7, 11) is 0. The Morgan fingerprint density at radius 1 is 1.40 bits per heavy atom. The highest BCUT2D eigenvalue weighted by Crippen LogP contribution is 2.11. The number of rotatable bonds is 4. The molecule has 2 rings (SSSR count). The van der Waals surface area contributed by atoms with Crippen LogP contribution in [0.1, 0.15) is 30.8 Å². The van der Waals surface area contributed by atoms with Crippen molar-refractivity contribution in [3.63, 3.8) is 0 Å². The second-order valence-electron chi connectivity index (χ2n) is 5.02. The van der Waals surface area contributed by atoms with Gasteiger partial charge in [0.25, 0.3) is 5.91 Å². The Kier molecular flexibility index (Phi) is 4.86. The average molecular weight is 278 g/mol. The Bertz CT molecular complexity index is 458. The van der Waals surface area contributed by atoms with Crippen LogP contribution in [0.5, 0.6) is 0 Å². The van der Waals surface area contributed by atoms with Gasteiger partial charge in [0.05, 0.1) is 12.4 Å². The number of nitrogens with one attached hydrogen (secondary N) is 1. The van der Waals surface area contributed by atoms with E-state index in [9.17, 15) is 4.79 Å². The topological polar surface area (TPSA) is 87.4 Å². The summed E-state index contributed by atoms with van der Waals surface area (Å²) in [6.45, 7) is 7.67. The first-order chi connectivity index (χ1) is 9.65. The number of carbonyl (C=O) groups is 1. The minimum Gasteiger partial charge on any atom is -0.335 e. The summed E-state index contributed by atoms with van der Waals surface area (Å²) in [6.07, 6.45) is 4.09. The molecule has 110 valence electrons. The van der Waals surface area contributed by atoms with E-state index in [2.05, 4.69) is 34.1 Å². The first-order valence-electron chi connectivity index (χ1n) is 6.97. The van der Waals surface area contributed by atoms with Crippen molar-refractivity contribution in [2.24, 2.45) is 5.84 Å². The number of anilines is 1. The normalized spacial score (nSPS) is 17.9. The van der Waals surface area contributed by atoms with Crippen molar-refractivity contribution >= 4 is 11.7 Å². The number of nitrogens with two attached hydrogens (primary N) is 1. The lowest BCUT2D eigenvalue weighted by Gasteiger charge is -2.37. The molecule has 1 aliphatic heterocycles. The second kappa shape index (κ2) is 6.62. The van der Waals surface area contributed by atoms with E-state index >= 15 is 0 Å². The van der Waals surface area contributed by atoms with Crippen molar-refractivity contribution in [2.75, 3.05) is 31.6 Å². The van der Waals surface area contributed by atoms with E-state index < -0.39 is 0 Å². The van der Waals surface area contributed by atoms with Crippen molar-refractivity contribution in [3.05, 3.63) is 18.1 Å². The predicted octanol–water partition coefficient (Wildman–Crippen LogP) is 0.319. The van der Waals surface area contributed by atoms with E-state index in [1.54, 1.807) is 0 Å². The Morgan fingerprint density at radius 2 is 2.10 bits per heavy atom. The van der Waals surface area contributed by atoms with E-state index in [0.717, 1.165) is 32.6 Å². The third kappa shape index (κ3) is 3.23. The zero-order valence-electron chi connectivity index (χ0n) is 12.0. The number of nitrogen functional groups attached to an aromatic ring is 1. The highest BCUT2D eigenvalue weighted by atomic mass is 16.2. The third-order valence-electron chi connectivity index (χ3n) is 3.82. The summed E-state index contributed by atoms with van der Waals surface area (Å²) in [5.74, 6) is 5.59. The number of aromatic nitrogens is 2. The summed E-state index contributed by atoms with van der Waals surface area (Å²) >= 11 is 0. The minimum atomic E-state index is -0.0848. The van der Waals surface area contributed by atoms with Crippen LogP contribution in [0.4, 0.5) is 5.82 Å². The molecule has 0 radical (unpaired) electrons. The molecule has 1 atom stereocenters. The summed E-state index contributed by atoms with van der Waals surface area (Å²) < 4.78 is 0. The van der Waals surface area contributed by atoms with Crippen molar-refractivity contribution in [2.45, 2.75) is 26.3 Å². The molecular formula is C13H22N6O. The highest BCUT2D eigenvalue weighted by Gasteiger charge is 2.25. The summed E-state index contributed by atoms with van der Waals surface area (Å²) in [4.78, 5) is 24.7. The lowest BCUT2D eigenvalue weighted by atomic mass is 10.2. The molecule has 1 fully saturated rings. The molecule has 0 saturated carbocycles. The van der Waals surface area contributed by atoms with Crippen LogP contribution in [0.2, 0.25) is 0 Å². The van der Waals surface area contributed by atoms with Crippen molar-refractivity contribution < 1.29 is 4.79 Å². The number of piperazine rings is 1. The summed E-state index contributed by atoms with van der Waals surface area (Å²) in [6, 6.07) is 0.566. The quantitative estimate of drug-likeness (QED) is 0.609. The van der Waals surface area contributed by atoms with Gasteiger partial charge in [-0.25, -0.2) is 10.8 Å². The highest BCUT2D eigenvalue weighted by molar-refractivity contribution is 5.92. The van der Waals surface area contributed by atoms with Crippen LogP contribution in [0.3, 0.4) is 0 Å². The van der Waals surface area contributed by atoms with E-state index in [-0.39, 0.29) is 5.91 Å². The predicted molar refractivity (Wildman–Crippen MR) is 77.1 cm³/mol. The molecule has 7 heteroatoms. The van der Waals surface area contributed by atoms with E-state index in [4.69, 9.17) is 5.84 Å². The van der Waals surface area contributed by atoms with E-state index in [0.29, 0.717) is 17.6 Å². The largest absolute Gasteiger partial charge is 0.335 e. The number of hydrazine groups is 1.